The summed E-state index contributed by atoms with van der Waals surface area (Å²) in [5.41, 5.74) is 9.20. The quantitative estimate of drug-likeness (QED) is 0.460. The Bertz CT molecular complexity index is 988. The molecule has 0 spiro atoms. The van der Waals surface area contributed by atoms with Crippen LogP contribution in [0, 0.1) is 0 Å². The van der Waals surface area contributed by atoms with E-state index in [-0.39, 0.29) is 0 Å². The molecule has 0 amide bonds. The van der Waals surface area contributed by atoms with Gasteiger partial charge in [0, 0.05) is 0 Å². The highest BCUT2D eigenvalue weighted by atomic mass is 14.5. The normalized spacial score (nSPS) is 14.7. The van der Waals surface area contributed by atoms with Gasteiger partial charge in [-0.25, -0.2) is 0 Å². The third-order valence-electron chi connectivity index (χ3n) is 5.18. The summed E-state index contributed by atoms with van der Waals surface area (Å²) in [4.78, 5) is 0. The Morgan fingerprint density at radius 1 is 0.786 bits per heavy atom. The van der Waals surface area contributed by atoms with Crippen LogP contribution in [0.3, 0.4) is 0 Å². The molecule has 0 N–H and O–H groups in total. The molecule has 0 radical (unpaired) electrons. The lowest BCUT2D eigenvalue weighted by molar-refractivity contribution is 0.763. The van der Waals surface area contributed by atoms with Gasteiger partial charge in [0.2, 0.25) is 0 Å². The standard InChI is InChI=1S/C28H28/c1-7-13-23(19-21(5)6)28(22(8-2)18-20(3)4)26-16-11-9-14-24(26)25-15-10-12-17-27(25)28/h7-19H,1-3H2,4-6H3/b22-18+,23-13+. The summed E-state index contributed by atoms with van der Waals surface area (Å²) in [6.07, 6.45) is 10.4. The van der Waals surface area contributed by atoms with E-state index in [0.29, 0.717) is 0 Å². The molecule has 0 bridgehead atoms. The third-order valence-corrected chi connectivity index (χ3v) is 5.18. The first-order valence-electron chi connectivity index (χ1n) is 9.64. The molecule has 1 aliphatic rings. The van der Waals surface area contributed by atoms with E-state index in [1.165, 1.54) is 33.4 Å². The van der Waals surface area contributed by atoms with Crippen LogP contribution < -0.4 is 0 Å². The largest absolute Gasteiger partial charge is 0.0991 e. The molecule has 0 aliphatic heterocycles. The molecule has 0 unspecified atom stereocenters. The van der Waals surface area contributed by atoms with Gasteiger partial charge in [-0.3, -0.25) is 0 Å². The molecular formula is C28H28. The molecule has 28 heavy (non-hydrogen) atoms. The molecule has 0 saturated carbocycles. The summed E-state index contributed by atoms with van der Waals surface area (Å²) in [5, 5.41) is 0. The molecule has 0 heterocycles. The molecule has 3 rings (SSSR count). The lowest BCUT2D eigenvalue weighted by Gasteiger charge is -2.36. The van der Waals surface area contributed by atoms with E-state index in [1.807, 2.05) is 19.1 Å². The number of allylic oxidation sites excluding steroid dienone is 9. The minimum Gasteiger partial charge on any atom is -0.0991 e. The molecule has 0 nitrogen and oxygen atoms in total. The van der Waals surface area contributed by atoms with Crippen molar-refractivity contribution in [2.24, 2.45) is 0 Å². The van der Waals surface area contributed by atoms with Crippen molar-refractivity contribution in [2.45, 2.75) is 26.2 Å². The van der Waals surface area contributed by atoms with Gasteiger partial charge >= 0.3 is 0 Å². The summed E-state index contributed by atoms with van der Waals surface area (Å²) in [6.45, 7) is 18.6. The van der Waals surface area contributed by atoms with Crippen LogP contribution in [0.5, 0.6) is 0 Å². The van der Waals surface area contributed by atoms with Crippen molar-refractivity contribution in [2.75, 3.05) is 0 Å². The first-order chi connectivity index (χ1) is 13.5. The fraction of sp³-hybridized carbons (Fsp3) is 0.143. The van der Waals surface area contributed by atoms with E-state index < -0.39 is 5.41 Å². The van der Waals surface area contributed by atoms with E-state index in [9.17, 15) is 0 Å². The van der Waals surface area contributed by atoms with E-state index in [4.69, 9.17) is 0 Å². The van der Waals surface area contributed by atoms with Crippen LogP contribution in [0.4, 0.5) is 0 Å². The fourth-order valence-electron chi connectivity index (χ4n) is 4.33. The molecule has 0 fully saturated rings. The van der Waals surface area contributed by atoms with Gasteiger partial charge in [0.25, 0.3) is 0 Å². The van der Waals surface area contributed by atoms with Gasteiger partial charge < -0.3 is 0 Å². The average Bonchev–Trinajstić information content (AvgIpc) is 2.97. The highest BCUT2D eigenvalue weighted by molar-refractivity contribution is 5.87. The third kappa shape index (κ3) is 3.05. The van der Waals surface area contributed by atoms with Gasteiger partial charge in [-0.1, -0.05) is 110 Å². The predicted octanol–water partition coefficient (Wildman–Crippen LogP) is 7.72. The summed E-state index contributed by atoms with van der Waals surface area (Å²) >= 11 is 0. The second kappa shape index (κ2) is 7.86. The molecule has 0 heteroatoms. The van der Waals surface area contributed by atoms with Crippen LogP contribution in [-0.4, -0.2) is 0 Å². The predicted molar refractivity (Wildman–Crippen MR) is 123 cm³/mol. The average molecular weight is 365 g/mol. The van der Waals surface area contributed by atoms with Crippen molar-refractivity contribution in [1.29, 1.82) is 0 Å². The molecule has 0 aromatic heterocycles. The SMILES string of the molecule is C=C/C=C(\C=C(C)C)C1(/C(C=C)=C/C(=C)C)c2ccccc2-c2ccccc21. The van der Waals surface area contributed by atoms with E-state index in [0.717, 1.165) is 11.1 Å². The van der Waals surface area contributed by atoms with Gasteiger partial charge in [-0.05, 0) is 54.2 Å². The molecule has 2 aromatic carbocycles. The fourth-order valence-corrected chi connectivity index (χ4v) is 4.33. The van der Waals surface area contributed by atoms with Crippen LogP contribution in [0.15, 0.2) is 121 Å². The summed E-state index contributed by atoms with van der Waals surface area (Å²) in [6, 6.07) is 17.4. The number of rotatable bonds is 6. The van der Waals surface area contributed by atoms with Crippen LogP contribution in [0.1, 0.15) is 31.9 Å². The Hall–Kier alpha value is -3.12. The first kappa shape index (κ1) is 19.6. The maximum Gasteiger partial charge on any atom is 0.0713 e. The Morgan fingerprint density at radius 2 is 1.32 bits per heavy atom. The Kier molecular flexibility index (Phi) is 5.51. The van der Waals surface area contributed by atoms with Gasteiger partial charge in [-0.15, -0.1) is 0 Å². The van der Waals surface area contributed by atoms with Gasteiger partial charge in [0.15, 0.2) is 0 Å². The minimum absolute atomic E-state index is 0.445. The van der Waals surface area contributed by atoms with Crippen molar-refractivity contribution >= 4 is 0 Å². The lowest BCUT2D eigenvalue weighted by Crippen LogP contribution is -2.29. The maximum absolute atomic E-state index is 4.19. The molecular weight excluding hydrogens is 336 g/mol. The van der Waals surface area contributed by atoms with Crippen molar-refractivity contribution in [3.63, 3.8) is 0 Å². The maximum atomic E-state index is 4.19. The first-order valence-corrected chi connectivity index (χ1v) is 9.64. The van der Waals surface area contributed by atoms with Crippen molar-refractivity contribution in [3.05, 3.63) is 132 Å². The summed E-state index contributed by atoms with van der Waals surface area (Å²) in [7, 11) is 0. The smallest absolute Gasteiger partial charge is 0.0713 e. The number of hydrogen-bond donors (Lipinski definition) is 0. The van der Waals surface area contributed by atoms with Crippen molar-refractivity contribution in [3.8, 4) is 11.1 Å². The molecule has 0 atom stereocenters. The minimum atomic E-state index is -0.445. The number of benzene rings is 2. The van der Waals surface area contributed by atoms with Crippen LogP contribution in [0.2, 0.25) is 0 Å². The van der Waals surface area contributed by atoms with Gasteiger partial charge in [0.05, 0.1) is 5.41 Å². The summed E-state index contributed by atoms with van der Waals surface area (Å²) < 4.78 is 0. The molecule has 0 saturated heterocycles. The second-order valence-corrected chi connectivity index (χ2v) is 7.57. The zero-order valence-electron chi connectivity index (χ0n) is 17.1. The van der Waals surface area contributed by atoms with Gasteiger partial charge in [0.1, 0.15) is 0 Å². The number of hydrogen-bond acceptors (Lipinski definition) is 0. The van der Waals surface area contributed by atoms with Crippen LogP contribution in [-0.2, 0) is 5.41 Å². The van der Waals surface area contributed by atoms with Crippen LogP contribution in [0.25, 0.3) is 11.1 Å². The zero-order valence-corrected chi connectivity index (χ0v) is 17.1. The highest BCUT2D eigenvalue weighted by Crippen LogP contribution is 2.57. The Balaban J connectivity index is 2.57. The van der Waals surface area contributed by atoms with Crippen LogP contribution >= 0.6 is 0 Å². The Labute approximate surface area is 169 Å². The van der Waals surface area contributed by atoms with Crippen molar-refractivity contribution in [1.82, 2.24) is 0 Å². The molecule has 140 valence electrons. The van der Waals surface area contributed by atoms with E-state index in [1.54, 1.807) is 0 Å². The zero-order chi connectivity index (χ0) is 20.3. The summed E-state index contributed by atoms with van der Waals surface area (Å²) in [5.74, 6) is 0. The molecule has 1 aliphatic carbocycles. The molecule has 2 aromatic rings. The topological polar surface area (TPSA) is 0 Å². The Morgan fingerprint density at radius 3 is 1.75 bits per heavy atom. The van der Waals surface area contributed by atoms with E-state index >= 15 is 0 Å². The lowest BCUT2D eigenvalue weighted by atomic mass is 9.65. The van der Waals surface area contributed by atoms with Crippen molar-refractivity contribution < 1.29 is 0 Å². The monoisotopic (exact) mass is 364 g/mol. The van der Waals surface area contributed by atoms with Gasteiger partial charge in [-0.2, -0.15) is 0 Å². The van der Waals surface area contributed by atoms with E-state index in [2.05, 4.69) is 100 Å². The highest BCUT2D eigenvalue weighted by Gasteiger charge is 2.46. The second-order valence-electron chi connectivity index (χ2n) is 7.57. The number of fused-ring (bicyclic) bond motifs is 3.